The van der Waals surface area contributed by atoms with E-state index in [-0.39, 0.29) is 24.2 Å². The van der Waals surface area contributed by atoms with Crippen LogP contribution < -0.4 is 0 Å². The van der Waals surface area contributed by atoms with E-state index in [1.54, 1.807) is 0 Å². The highest BCUT2D eigenvalue weighted by Gasteiger charge is 2.46. The summed E-state index contributed by atoms with van der Waals surface area (Å²) in [4.78, 5) is 0. The Morgan fingerprint density at radius 1 is 0.694 bits per heavy atom. The standard InChI is InChI=1S/C31H46F2O3/c1-8-9-10-11-12-13-14-29(31(34-22(2)3,35-23(4)5)36-24(6)7)26-17-15-25(16-18-26)28-20-19-27(32)21-30(28)33/h15-24,29H,8-14H2,1-7H3. The van der Waals surface area contributed by atoms with Gasteiger partial charge in [0.2, 0.25) is 0 Å². The van der Waals surface area contributed by atoms with Crippen molar-refractivity contribution in [3.05, 3.63) is 59.7 Å². The van der Waals surface area contributed by atoms with Gasteiger partial charge in [0.25, 0.3) is 5.97 Å². The topological polar surface area (TPSA) is 27.7 Å². The Kier molecular flexibility index (Phi) is 12.5. The maximum absolute atomic E-state index is 14.4. The SMILES string of the molecule is CCCCCCCCC(c1ccc(-c2ccc(F)cc2F)cc1)C(OC(C)C)(OC(C)C)OC(C)C. The van der Waals surface area contributed by atoms with Gasteiger partial charge in [-0.3, -0.25) is 0 Å². The van der Waals surface area contributed by atoms with Crippen LogP contribution in [0.2, 0.25) is 0 Å². The Bertz CT molecular complexity index is 867. The molecular formula is C31H46F2O3. The van der Waals surface area contributed by atoms with E-state index in [0.717, 1.165) is 30.9 Å². The molecule has 2 aromatic rings. The third-order valence-electron chi connectivity index (χ3n) is 6.03. The molecule has 2 aromatic carbocycles. The molecule has 0 aliphatic carbocycles. The van der Waals surface area contributed by atoms with Crippen molar-refractivity contribution in [2.75, 3.05) is 0 Å². The molecule has 0 amide bonds. The Hall–Kier alpha value is -1.82. The molecule has 36 heavy (non-hydrogen) atoms. The van der Waals surface area contributed by atoms with Crippen molar-refractivity contribution in [1.82, 2.24) is 0 Å². The van der Waals surface area contributed by atoms with Crippen LogP contribution in [0.3, 0.4) is 0 Å². The van der Waals surface area contributed by atoms with Gasteiger partial charge < -0.3 is 14.2 Å². The number of benzene rings is 2. The molecule has 2 rings (SSSR count). The van der Waals surface area contributed by atoms with Gasteiger partial charge in [-0.1, -0.05) is 69.7 Å². The quantitative estimate of drug-likeness (QED) is 0.168. The fourth-order valence-corrected chi connectivity index (χ4v) is 4.61. The first-order valence-corrected chi connectivity index (χ1v) is 13.7. The lowest BCUT2D eigenvalue weighted by atomic mass is 9.88. The van der Waals surface area contributed by atoms with Gasteiger partial charge in [-0.15, -0.1) is 0 Å². The highest BCUT2D eigenvalue weighted by molar-refractivity contribution is 5.64. The Balaban J connectivity index is 2.44. The van der Waals surface area contributed by atoms with Crippen LogP contribution in [0, 0.1) is 11.6 Å². The number of ether oxygens (including phenoxy) is 3. The minimum absolute atomic E-state index is 0.109. The normalized spacial score (nSPS) is 13.2. The molecule has 1 unspecified atom stereocenters. The predicted octanol–water partition coefficient (Wildman–Crippen LogP) is 9.39. The van der Waals surface area contributed by atoms with E-state index in [1.807, 2.05) is 65.8 Å². The van der Waals surface area contributed by atoms with Crippen LogP contribution in [0.5, 0.6) is 0 Å². The minimum Gasteiger partial charge on any atom is -0.324 e. The maximum atomic E-state index is 14.4. The first kappa shape index (κ1) is 30.4. The molecule has 0 N–H and O–H groups in total. The predicted molar refractivity (Wildman–Crippen MR) is 144 cm³/mol. The molecule has 0 heterocycles. The van der Waals surface area contributed by atoms with Gasteiger partial charge >= 0.3 is 0 Å². The van der Waals surface area contributed by atoms with Crippen molar-refractivity contribution in [3.63, 3.8) is 0 Å². The molecule has 0 bridgehead atoms. The molecule has 0 saturated heterocycles. The van der Waals surface area contributed by atoms with E-state index in [9.17, 15) is 8.78 Å². The summed E-state index contributed by atoms with van der Waals surface area (Å²) in [5.41, 5.74) is 2.08. The van der Waals surface area contributed by atoms with Crippen molar-refractivity contribution < 1.29 is 23.0 Å². The summed E-state index contributed by atoms with van der Waals surface area (Å²) in [6.07, 6.45) is 7.60. The average molecular weight is 505 g/mol. The summed E-state index contributed by atoms with van der Waals surface area (Å²) in [5.74, 6) is -2.58. The maximum Gasteiger partial charge on any atom is 0.290 e. The molecule has 0 aliphatic heterocycles. The monoisotopic (exact) mass is 504 g/mol. The lowest BCUT2D eigenvalue weighted by Gasteiger charge is -2.43. The molecule has 202 valence electrons. The van der Waals surface area contributed by atoms with E-state index in [2.05, 4.69) is 6.92 Å². The molecule has 3 nitrogen and oxygen atoms in total. The molecule has 0 spiro atoms. The lowest BCUT2D eigenvalue weighted by Crippen LogP contribution is -2.49. The largest absolute Gasteiger partial charge is 0.324 e. The van der Waals surface area contributed by atoms with Crippen LogP contribution in [0.25, 0.3) is 11.1 Å². The fourth-order valence-electron chi connectivity index (χ4n) is 4.61. The smallest absolute Gasteiger partial charge is 0.290 e. The van der Waals surface area contributed by atoms with E-state index < -0.39 is 17.6 Å². The Morgan fingerprint density at radius 2 is 1.22 bits per heavy atom. The molecule has 0 aromatic heterocycles. The third kappa shape index (κ3) is 9.24. The molecule has 1 atom stereocenters. The van der Waals surface area contributed by atoms with Crippen molar-refractivity contribution >= 4 is 0 Å². The van der Waals surface area contributed by atoms with Crippen LogP contribution in [0.15, 0.2) is 42.5 Å². The average Bonchev–Trinajstić information content (AvgIpc) is 2.77. The third-order valence-corrected chi connectivity index (χ3v) is 6.03. The van der Waals surface area contributed by atoms with Gasteiger partial charge in [0.15, 0.2) is 0 Å². The van der Waals surface area contributed by atoms with Crippen LogP contribution in [-0.2, 0) is 14.2 Å². The number of halogens is 2. The zero-order valence-electron chi connectivity index (χ0n) is 23.3. The van der Waals surface area contributed by atoms with Crippen LogP contribution in [0.4, 0.5) is 8.78 Å². The number of unbranched alkanes of at least 4 members (excludes halogenated alkanes) is 5. The van der Waals surface area contributed by atoms with Gasteiger partial charge in [0.05, 0.1) is 24.2 Å². The summed E-state index contributed by atoms with van der Waals surface area (Å²) < 4.78 is 47.2. The van der Waals surface area contributed by atoms with Gasteiger partial charge in [-0.2, -0.15) is 0 Å². The first-order chi connectivity index (χ1) is 17.1. The van der Waals surface area contributed by atoms with E-state index in [4.69, 9.17) is 14.2 Å². The highest BCUT2D eigenvalue weighted by Crippen LogP contribution is 2.41. The molecular weight excluding hydrogens is 458 g/mol. The molecule has 0 fully saturated rings. The Labute approximate surface area is 217 Å². The van der Waals surface area contributed by atoms with Crippen LogP contribution in [0.1, 0.15) is 105 Å². The molecule has 5 heteroatoms. The minimum atomic E-state index is -1.25. The van der Waals surface area contributed by atoms with Crippen molar-refractivity contribution in [2.24, 2.45) is 0 Å². The second kappa shape index (κ2) is 14.8. The summed E-state index contributed by atoms with van der Waals surface area (Å²) in [5, 5.41) is 0. The van der Waals surface area contributed by atoms with Crippen molar-refractivity contribution in [3.8, 4) is 11.1 Å². The summed E-state index contributed by atoms with van der Waals surface area (Å²) >= 11 is 0. The number of hydrogen-bond donors (Lipinski definition) is 0. The van der Waals surface area contributed by atoms with E-state index >= 15 is 0 Å². The summed E-state index contributed by atoms with van der Waals surface area (Å²) in [6.45, 7) is 14.2. The van der Waals surface area contributed by atoms with Crippen molar-refractivity contribution in [1.29, 1.82) is 0 Å². The first-order valence-electron chi connectivity index (χ1n) is 13.7. The molecule has 0 radical (unpaired) electrons. The van der Waals surface area contributed by atoms with E-state index in [1.165, 1.54) is 37.8 Å². The lowest BCUT2D eigenvalue weighted by molar-refractivity contribution is -0.420. The number of hydrogen-bond acceptors (Lipinski definition) is 3. The number of rotatable bonds is 16. The van der Waals surface area contributed by atoms with Crippen molar-refractivity contribution in [2.45, 2.75) is 124 Å². The van der Waals surface area contributed by atoms with Gasteiger partial charge in [0, 0.05) is 11.6 Å². The zero-order valence-corrected chi connectivity index (χ0v) is 23.3. The fraction of sp³-hybridized carbons (Fsp3) is 0.613. The Morgan fingerprint density at radius 3 is 1.72 bits per heavy atom. The van der Waals surface area contributed by atoms with Gasteiger partial charge in [-0.05, 0) is 71.2 Å². The second-order valence-electron chi connectivity index (χ2n) is 10.5. The van der Waals surface area contributed by atoms with Gasteiger partial charge in [0.1, 0.15) is 11.6 Å². The zero-order chi connectivity index (χ0) is 26.7. The van der Waals surface area contributed by atoms with Crippen LogP contribution >= 0.6 is 0 Å². The van der Waals surface area contributed by atoms with Gasteiger partial charge in [-0.25, -0.2) is 8.78 Å². The van der Waals surface area contributed by atoms with E-state index in [0.29, 0.717) is 11.1 Å². The summed E-state index contributed by atoms with van der Waals surface area (Å²) in [6, 6.07) is 11.4. The molecule has 0 saturated carbocycles. The highest BCUT2D eigenvalue weighted by atomic mass is 19.1. The second-order valence-corrected chi connectivity index (χ2v) is 10.5. The summed E-state index contributed by atoms with van der Waals surface area (Å²) in [7, 11) is 0. The van der Waals surface area contributed by atoms with Crippen LogP contribution in [-0.4, -0.2) is 24.3 Å². The molecule has 0 aliphatic rings.